The van der Waals surface area contributed by atoms with Crippen molar-refractivity contribution in [3.8, 4) is 0 Å². The number of rotatable bonds is 5. The third kappa shape index (κ3) is 3.37. The van der Waals surface area contributed by atoms with Gasteiger partial charge in [-0.1, -0.05) is 24.3 Å². The van der Waals surface area contributed by atoms with E-state index in [1.54, 1.807) is 12.1 Å². The number of hydrogen-bond acceptors (Lipinski definition) is 4. The number of allylic oxidation sites excluding steroid dienone is 2. The van der Waals surface area contributed by atoms with Crippen LogP contribution in [0.1, 0.15) is 18.4 Å². The Bertz CT molecular complexity index is 620. The van der Waals surface area contributed by atoms with Gasteiger partial charge in [-0.15, -0.1) is 0 Å². The fraction of sp³-hybridized carbons (Fsp3) is 0.579. The van der Waals surface area contributed by atoms with Gasteiger partial charge in [0.15, 0.2) is 0 Å². The predicted molar refractivity (Wildman–Crippen MR) is 93.7 cm³/mol. The lowest BCUT2D eigenvalue weighted by Crippen LogP contribution is -2.47. The van der Waals surface area contributed by atoms with Gasteiger partial charge in [0, 0.05) is 51.4 Å². The summed E-state index contributed by atoms with van der Waals surface area (Å²) < 4.78 is 0. The molecule has 1 heterocycles. The van der Waals surface area contributed by atoms with Crippen molar-refractivity contribution in [1.29, 1.82) is 0 Å². The van der Waals surface area contributed by atoms with Crippen molar-refractivity contribution in [1.82, 2.24) is 9.80 Å². The summed E-state index contributed by atoms with van der Waals surface area (Å²) in [6.07, 6.45) is 7.65. The van der Waals surface area contributed by atoms with Crippen LogP contribution in [0.5, 0.6) is 0 Å². The Morgan fingerprint density at radius 1 is 1.00 bits per heavy atom. The molecular weight excluding hydrogens is 302 g/mol. The molecule has 0 amide bonds. The molecule has 1 aromatic carbocycles. The summed E-state index contributed by atoms with van der Waals surface area (Å²) >= 11 is 0. The van der Waals surface area contributed by atoms with Crippen LogP contribution in [0.15, 0.2) is 36.4 Å². The van der Waals surface area contributed by atoms with Crippen LogP contribution in [0.3, 0.4) is 0 Å². The normalized spacial score (nSPS) is 30.1. The average molecular weight is 327 g/mol. The lowest BCUT2D eigenvalue weighted by molar-refractivity contribution is -0.384. The molecule has 4 rings (SSSR count). The van der Waals surface area contributed by atoms with E-state index in [1.807, 2.05) is 12.1 Å². The molecular formula is C19H25N3O2. The maximum atomic E-state index is 10.7. The molecule has 128 valence electrons. The van der Waals surface area contributed by atoms with E-state index < -0.39 is 0 Å². The zero-order valence-corrected chi connectivity index (χ0v) is 14.0. The van der Waals surface area contributed by atoms with Gasteiger partial charge in [0.1, 0.15) is 0 Å². The second kappa shape index (κ2) is 6.65. The van der Waals surface area contributed by atoms with E-state index >= 15 is 0 Å². The summed E-state index contributed by atoms with van der Waals surface area (Å²) in [5, 5.41) is 10.7. The standard InChI is InChI=1S/C19H25N3O2/c23-22(24)19-5-2-15(3-6-19)13-20-7-9-21(10-8-20)14-18-12-16-1-4-17(18)11-16/h1-6,16-18H,7-14H2/t16-,17-,18+/m0/s1. The number of fused-ring (bicyclic) bond motifs is 2. The van der Waals surface area contributed by atoms with Crippen molar-refractivity contribution < 1.29 is 4.92 Å². The topological polar surface area (TPSA) is 49.6 Å². The average Bonchev–Trinajstić information content (AvgIpc) is 3.20. The highest BCUT2D eigenvalue weighted by molar-refractivity contribution is 5.32. The molecule has 5 heteroatoms. The zero-order chi connectivity index (χ0) is 16.5. The number of nitro groups is 1. The molecule has 5 nitrogen and oxygen atoms in total. The lowest BCUT2D eigenvalue weighted by atomic mass is 9.93. The van der Waals surface area contributed by atoms with Gasteiger partial charge in [0.25, 0.3) is 5.69 Å². The highest BCUT2D eigenvalue weighted by Crippen LogP contribution is 2.43. The van der Waals surface area contributed by atoms with Crippen LogP contribution in [-0.4, -0.2) is 47.4 Å². The molecule has 1 saturated heterocycles. The molecule has 3 aliphatic rings. The molecule has 1 aliphatic heterocycles. The Hall–Kier alpha value is -1.72. The van der Waals surface area contributed by atoms with E-state index in [1.165, 1.54) is 19.4 Å². The first kappa shape index (κ1) is 15.8. The number of piperazine rings is 1. The number of hydrogen-bond donors (Lipinski definition) is 0. The second-order valence-electron chi connectivity index (χ2n) is 7.54. The fourth-order valence-electron chi connectivity index (χ4n) is 4.55. The molecule has 0 unspecified atom stereocenters. The van der Waals surface area contributed by atoms with E-state index in [0.717, 1.165) is 56.0 Å². The zero-order valence-electron chi connectivity index (χ0n) is 14.0. The number of nitro benzene ring substituents is 1. The molecule has 0 aromatic heterocycles. The minimum absolute atomic E-state index is 0.170. The van der Waals surface area contributed by atoms with Crippen LogP contribution >= 0.6 is 0 Å². The van der Waals surface area contributed by atoms with Gasteiger partial charge in [-0.05, 0) is 36.2 Å². The van der Waals surface area contributed by atoms with Gasteiger partial charge in [0.2, 0.25) is 0 Å². The minimum atomic E-state index is -0.340. The maximum Gasteiger partial charge on any atom is 0.269 e. The fourth-order valence-corrected chi connectivity index (χ4v) is 4.55. The SMILES string of the molecule is O=[N+]([O-])c1ccc(CN2CCN(C[C@H]3C[C@H]4C=C[C@H]3C4)CC2)cc1. The smallest absolute Gasteiger partial charge is 0.269 e. The number of non-ortho nitro benzene ring substituents is 1. The van der Waals surface area contributed by atoms with Crippen molar-refractivity contribution in [2.75, 3.05) is 32.7 Å². The van der Waals surface area contributed by atoms with E-state index in [0.29, 0.717) is 0 Å². The van der Waals surface area contributed by atoms with Crippen LogP contribution < -0.4 is 0 Å². The third-order valence-electron chi connectivity index (χ3n) is 5.93. The summed E-state index contributed by atoms with van der Waals surface area (Å²) in [6.45, 7) is 6.62. The van der Waals surface area contributed by atoms with Crippen LogP contribution in [-0.2, 0) is 6.54 Å². The minimum Gasteiger partial charge on any atom is -0.300 e. The second-order valence-corrected chi connectivity index (χ2v) is 7.54. The predicted octanol–water partition coefficient (Wildman–Crippen LogP) is 2.92. The van der Waals surface area contributed by atoms with Crippen molar-refractivity contribution in [2.24, 2.45) is 17.8 Å². The van der Waals surface area contributed by atoms with Crippen LogP contribution in [0.25, 0.3) is 0 Å². The van der Waals surface area contributed by atoms with Gasteiger partial charge >= 0.3 is 0 Å². The molecule has 0 spiro atoms. The third-order valence-corrected chi connectivity index (χ3v) is 5.93. The van der Waals surface area contributed by atoms with Crippen molar-refractivity contribution in [3.63, 3.8) is 0 Å². The van der Waals surface area contributed by atoms with E-state index in [-0.39, 0.29) is 10.6 Å². The molecule has 0 radical (unpaired) electrons. The van der Waals surface area contributed by atoms with Crippen LogP contribution in [0, 0.1) is 27.9 Å². The summed E-state index contributed by atoms with van der Waals surface area (Å²) in [5.41, 5.74) is 1.33. The highest BCUT2D eigenvalue weighted by atomic mass is 16.6. The van der Waals surface area contributed by atoms with Gasteiger partial charge in [-0.3, -0.25) is 15.0 Å². The van der Waals surface area contributed by atoms with Gasteiger partial charge in [-0.2, -0.15) is 0 Å². The van der Waals surface area contributed by atoms with Gasteiger partial charge in [-0.25, -0.2) is 0 Å². The van der Waals surface area contributed by atoms with Crippen molar-refractivity contribution in [3.05, 3.63) is 52.1 Å². The van der Waals surface area contributed by atoms with Crippen LogP contribution in [0.2, 0.25) is 0 Å². The first-order valence-corrected chi connectivity index (χ1v) is 9.04. The number of nitrogens with zero attached hydrogens (tertiary/aromatic N) is 3. The Balaban J connectivity index is 1.24. The molecule has 3 atom stereocenters. The quantitative estimate of drug-likeness (QED) is 0.474. The lowest BCUT2D eigenvalue weighted by Gasteiger charge is -2.37. The molecule has 0 N–H and O–H groups in total. The van der Waals surface area contributed by atoms with Crippen LogP contribution in [0.4, 0.5) is 5.69 Å². The highest BCUT2D eigenvalue weighted by Gasteiger charge is 2.36. The molecule has 24 heavy (non-hydrogen) atoms. The molecule has 1 aromatic rings. The Morgan fingerprint density at radius 3 is 2.29 bits per heavy atom. The summed E-state index contributed by atoms with van der Waals surface area (Å²) in [7, 11) is 0. The molecule has 2 fully saturated rings. The monoisotopic (exact) mass is 327 g/mol. The maximum absolute atomic E-state index is 10.7. The molecule has 2 aliphatic carbocycles. The first-order chi connectivity index (χ1) is 11.7. The van der Waals surface area contributed by atoms with Gasteiger partial charge < -0.3 is 4.90 Å². The molecule has 1 saturated carbocycles. The Kier molecular flexibility index (Phi) is 4.37. The van der Waals surface area contributed by atoms with Gasteiger partial charge in [0.05, 0.1) is 4.92 Å². The Labute approximate surface area is 143 Å². The van der Waals surface area contributed by atoms with E-state index in [4.69, 9.17) is 0 Å². The molecule has 2 bridgehead atoms. The summed E-state index contributed by atoms with van der Waals surface area (Å²) in [4.78, 5) is 15.5. The Morgan fingerprint density at radius 2 is 1.71 bits per heavy atom. The summed E-state index contributed by atoms with van der Waals surface area (Å²) in [5.74, 6) is 2.58. The first-order valence-electron chi connectivity index (χ1n) is 9.04. The van der Waals surface area contributed by atoms with Crippen molar-refractivity contribution >= 4 is 5.69 Å². The van der Waals surface area contributed by atoms with E-state index in [2.05, 4.69) is 22.0 Å². The van der Waals surface area contributed by atoms with E-state index in [9.17, 15) is 10.1 Å². The summed E-state index contributed by atoms with van der Waals surface area (Å²) in [6, 6.07) is 6.97. The van der Waals surface area contributed by atoms with Crippen molar-refractivity contribution in [2.45, 2.75) is 19.4 Å². The number of benzene rings is 1. The largest absolute Gasteiger partial charge is 0.300 e.